The maximum absolute atomic E-state index is 13.9. The van der Waals surface area contributed by atoms with Gasteiger partial charge in [0, 0.05) is 36.1 Å². The maximum atomic E-state index is 13.9. The quantitative estimate of drug-likeness (QED) is 0.625. The van der Waals surface area contributed by atoms with E-state index in [1.54, 1.807) is 11.0 Å². The number of nitrogens with one attached hydrogen (secondary N) is 2. The molecule has 2 N–H and O–H groups in total. The van der Waals surface area contributed by atoms with Gasteiger partial charge in [-0.05, 0) is 42.3 Å². The first-order chi connectivity index (χ1) is 16.6. The predicted octanol–water partition coefficient (Wildman–Crippen LogP) is 3.57. The number of benzene rings is 3. The van der Waals surface area contributed by atoms with E-state index in [0.29, 0.717) is 30.3 Å². The van der Waals surface area contributed by atoms with Gasteiger partial charge in [0.05, 0.1) is 0 Å². The predicted molar refractivity (Wildman–Crippen MR) is 126 cm³/mol. The molecule has 34 heavy (non-hydrogen) atoms. The van der Waals surface area contributed by atoms with Gasteiger partial charge in [-0.1, -0.05) is 30.3 Å². The monoisotopic (exact) mass is 457 g/mol. The summed E-state index contributed by atoms with van der Waals surface area (Å²) in [5, 5.41) is 5.67. The van der Waals surface area contributed by atoms with E-state index in [9.17, 15) is 9.59 Å². The molecule has 1 atom stereocenters. The van der Waals surface area contributed by atoms with E-state index in [4.69, 9.17) is 14.2 Å². The number of anilines is 2. The maximum Gasteiger partial charge on any atom is 0.319 e. The van der Waals surface area contributed by atoms with Gasteiger partial charge in [0.2, 0.25) is 12.7 Å². The molecule has 3 aromatic carbocycles. The minimum Gasteiger partial charge on any atom is -0.491 e. The average Bonchev–Trinajstić information content (AvgIpc) is 3.50. The van der Waals surface area contributed by atoms with Crippen LogP contribution in [0.25, 0.3) is 0 Å². The summed E-state index contributed by atoms with van der Waals surface area (Å²) in [4.78, 5) is 28.0. The molecule has 8 heteroatoms. The number of ether oxygens (including phenoxy) is 3. The van der Waals surface area contributed by atoms with E-state index in [1.807, 2.05) is 61.5 Å². The Morgan fingerprint density at radius 3 is 2.65 bits per heavy atom. The highest BCUT2D eigenvalue weighted by Crippen LogP contribution is 2.54. The van der Waals surface area contributed by atoms with Crippen molar-refractivity contribution in [3.8, 4) is 17.2 Å². The number of para-hydroxylation sites is 1. The molecule has 8 nitrogen and oxygen atoms in total. The molecular weight excluding hydrogens is 434 g/mol. The van der Waals surface area contributed by atoms with Crippen molar-refractivity contribution in [3.63, 3.8) is 0 Å². The van der Waals surface area contributed by atoms with Crippen LogP contribution in [0.15, 0.2) is 60.7 Å². The normalized spacial score (nSPS) is 19.1. The van der Waals surface area contributed by atoms with E-state index in [-0.39, 0.29) is 25.3 Å². The van der Waals surface area contributed by atoms with Gasteiger partial charge >= 0.3 is 6.03 Å². The van der Waals surface area contributed by atoms with E-state index >= 15 is 0 Å². The fourth-order valence-corrected chi connectivity index (χ4v) is 4.97. The van der Waals surface area contributed by atoms with Crippen molar-refractivity contribution < 1.29 is 23.8 Å². The van der Waals surface area contributed by atoms with Crippen molar-refractivity contribution in [2.24, 2.45) is 0 Å². The van der Waals surface area contributed by atoms with Gasteiger partial charge in [0.1, 0.15) is 17.8 Å². The van der Waals surface area contributed by atoms with Gasteiger partial charge in [-0.3, -0.25) is 4.79 Å². The SMILES string of the molecule is Cc1cccc(NC(=O)NCCN2C(=O)C3(COc4cc5c(cc43)OCO5)c3ccccc32)c1. The molecule has 0 aliphatic carbocycles. The molecule has 0 aromatic heterocycles. The van der Waals surface area contributed by atoms with Crippen LogP contribution in [-0.2, 0) is 10.2 Å². The van der Waals surface area contributed by atoms with Crippen molar-refractivity contribution in [3.05, 3.63) is 77.4 Å². The molecule has 1 unspecified atom stereocenters. The molecule has 0 fully saturated rings. The van der Waals surface area contributed by atoms with E-state index < -0.39 is 5.41 Å². The molecule has 3 aliphatic heterocycles. The molecule has 0 radical (unpaired) electrons. The summed E-state index contributed by atoms with van der Waals surface area (Å²) in [6.45, 7) is 2.95. The zero-order valence-electron chi connectivity index (χ0n) is 18.6. The Morgan fingerprint density at radius 2 is 1.79 bits per heavy atom. The molecule has 3 aliphatic rings. The molecule has 3 heterocycles. The molecule has 3 amide bonds. The van der Waals surface area contributed by atoms with Gasteiger partial charge in [-0.25, -0.2) is 4.79 Å². The van der Waals surface area contributed by atoms with Crippen LogP contribution in [0, 0.1) is 6.92 Å². The number of hydrogen-bond donors (Lipinski definition) is 2. The minimum atomic E-state index is -0.948. The van der Waals surface area contributed by atoms with Crippen LogP contribution >= 0.6 is 0 Å². The Morgan fingerprint density at radius 1 is 0.971 bits per heavy atom. The standard InChI is InChI=1S/C26H23N3O5/c1-16-5-4-6-17(11-16)28-25(31)27-9-10-29-20-8-3-2-7-18(20)26(24(29)30)14-32-21-13-23-22(12-19(21)26)33-15-34-23/h2-8,11-13H,9-10,14-15H2,1H3,(H2,27,28,31). The third-order valence-corrected chi connectivity index (χ3v) is 6.54. The summed E-state index contributed by atoms with van der Waals surface area (Å²) >= 11 is 0. The third-order valence-electron chi connectivity index (χ3n) is 6.54. The first-order valence-electron chi connectivity index (χ1n) is 11.2. The van der Waals surface area contributed by atoms with Gasteiger partial charge in [0.15, 0.2) is 11.5 Å². The summed E-state index contributed by atoms with van der Waals surface area (Å²) in [7, 11) is 0. The number of nitrogens with zero attached hydrogens (tertiary/aromatic N) is 1. The van der Waals surface area contributed by atoms with Crippen LogP contribution in [0.1, 0.15) is 16.7 Å². The number of aryl methyl sites for hydroxylation is 1. The van der Waals surface area contributed by atoms with Crippen LogP contribution in [0.3, 0.4) is 0 Å². The smallest absolute Gasteiger partial charge is 0.319 e. The molecule has 0 bridgehead atoms. The summed E-state index contributed by atoms with van der Waals surface area (Å²) in [6.07, 6.45) is 0. The highest BCUT2D eigenvalue weighted by Gasteiger charge is 2.57. The molecule has 0 saturated carbocycles. The van der Waals surface area contributed by atoms with Crippen LogP contribution in [0.5, 0.6) is 17.2 Å². The number of amides is 3. The first kappa shape index (κ1) is 20.4. The van der Waals surface area contributed by atoms with Crippen LogP contribution in [0.4, 0.5) is 16.2 Å². The summed E-state index contributed by atoms with van der Waals surface area (Å²) in [6, 6.07) is 18.6. The fourth-order valence-electron chi connectivity index (χ4n) is 4.97. The summed E-state index contributed by atoms with van der Waals surface area (Å²) in [5.74, 6) is 1.79. The average molecular weight is 457 g/mol. The number of carbonyl (C=O) groups is 2. The second-order valence-corrected chi connectivity index (χ2v) is 8.62. The van der Waals surface area contributed by atoms with Crippen molar-refractivity contribution in [1.82, 2.24) is 5.32 Å². The van der Waals surface area contributed by atoms with Crippen molar-refractivity contribution in [1.29, 1.82) is 0 Å². The molecule has 3 aromatic rings. The highest BCUT2D eigenvalue weighted by molar-refractivity contribution is 6.11. The topological polar surface area (TPSA) is 89.1 Å². The lowest BCUT2D eigenvalue weighted by Gasteiger charge is -2.23. The van der Waals surface area contributed by atoms with Crippen LogP contribution in [-0.4, -0.2) is 38.4 Å². The van der Waals surface area contributed by atoms with Gasteiger partial charge < -0.3 is 29.7 Å². The Bertz CT molecular complexity index is 1320. The third kappa shape index (κ3) is 3.06. The van der Waals surface area contributed by atoms with Gasteiger partial charge in [-0.15, -0.1) is 0 Å². The van der Waals surface area contributed by atoms with E-state index in [1.165, 1.54) is 0 Å². The summed E-state index contributed by atoms with van der Waals surface area (Å²) < 4.78 is 17.0. The lowest BCUT2D eigenvalue weighted by atomic mass is 9.77. The zero-order valence-corrected chi connectivity index (χ0v) is 18.6. The van der Waals surface area contributed by atoms with Gasteiger partial charge in [-0.2, -0.15) is 0 Å². The van der Waals surface area contributed by atoms with Crippen LogP contribution in [0.2, 0.25) is 0 Å². The van der Waals surface area contributed by atoms with Gasteiger partial charge in [0.25, 0.3) is 0 Å². The minimum absolute atomic E-state index is 0.0767. The Kier molecular flexibility index (Phi) is 4.62. The lowest BCUT2D eigenvalue weighted by molar-refractivity contribution is -0.122. The number of urea groups is 1. The van der Waals surface area contributed by atoms with E-state index in [2.05, 4.69) is 10.6 Å². The second-order valence-electron chi connectivity index (χ2n) is 8.62. The molecule has 1 spiro atoms. The Balaban J connectivity index is 1.23. The molecule has 0 saturated heterocycles. The van der Waals surface area contributed by atoms with E-state index in [0.717, 1.165) is 28.1 Å². The largest absolute Gasteiger partial charge is 0.491 e. The van der Waals surface area contributed by atoms with Crippen molar-refractivity contribution >= 4 is 23.3 Å². The second kappa shape index (κ2) is 7.69. The number of hydrogen-bond acceptors (Lipinski definition) is 5. The zero-order chi connectivity index (χ0) is 23.3. The van der Waals surface area contributed by atoms with Crippen molar-refractivity contribution in [2.75, 3.05) is 36.7 Å². The van der Waals surface area contributed by atoms with Crippen molar-refractivity contribution in [2.45, 2.75) is 12.3 Å². The Labute approximate surface area is 196 Å². The molecule has 172 valence electrons. The summed E-state index contributed by atoms with van der Waals surface area (Å²) in [5.41, 5.74) is 3.32. The number of carbonyl (C=O) groups excluding carboxylic acids is 2. The van der Waals surface area contributed by atoms with Crippen LogP contribution < -0.4 is 29.7 Å². The lowest BCUT2D eigenvalue weighted by Crippen LogP contribution is -2.45. The molecule has 6 rings (SSSR count). The highest BCUT2D eigenvalue weighted by atomic mass is 16.7. The first-order valence-corrected chi connectivity index (χ1v) is 11.2. The number of rotatable bonds is 4. The molecular formula is C26H23N3O5. The number of fused-ring (bicyclic) bond motifs is 5. The fraction of sp³-hybridized carbons (Fsp3) is 0.231. The Hall–Kier alpha value is -4.20.